The molecular weight excluding hydrogens is 538 g/mol. The number of aliphatic hydroxyl groups is 2. The van der Waals surface area contributed by atoms with Gasteiger partial charge in [-0.3, -0.25) is 9.69 Å². The lowest BCUT2D eigenvalue weighted by Gasteiger charge is -2.40. The summed E-state index contributed by atoms with van der Waals surface area (Å²) in [7, 11) is 0. The van der Waals surface area contributed by atoms with Crippen LogP contribution in [0.3, 0.4) is 0 Å². The van der Waals surface area contributed by atoms with Crippen LogP contribution in [0.15, 0.2) is 23.8 Å². The quantitative estimate of drug-likeness (QED) is 0.207. The van der Waals surface area contributed by atoms with E-state index in [1.807, 2.05) is 13.0 Å². The Morgan fingerprint density at radius 3 is 2.60 bits per heavy atom. The summed E-state index contributed by atoms with van der Waals surface area (Å²) in [5.41, 5.74) is -0.169. The predicted molar refractivity (Wildman–Crippen MR) is 156 cm³/mol. The van der Waals surface area contributed by atoms with Gasteiger partial charge in [-0.05, 0) is 101 Å². The van der Waals surface area contributed by atoms with Crippen molar-refractivity contribution in [2.75, 3.05) is 26.5 Å². The molecule has 0 amide bonds. The van der Waals surface area contributed by atoms with E-state index in [1.54, 1.807) is 13.8 Å². The second-order valence-corrected chi connectivity index (χ2v) is 13.2. The van der Waals surface area contributed by atoms with Crippen LogP contribution in [-0.2, 0) is 25.5 Å². The molecule has 0 aromatic heterocycles. The number of hydrogen-bond donors (Lipinski definition) is 2. The van der Waals surface area contributed by atoms with Crippen LogP contribution in [0, 0.1) is 0 Å². The Kier molecular flexibility index (Phi) is 8.93. The first-order valence-corrected chi connectivity index (χ1v) is 15.6. The number of ether oxygens (including phenoxy) is 4. The van der Waals surface area contributed by atoms with Crippen LogP contribution in [0.5, 0.6) is 11.5 Å². The second kappa shape index (κ2) is 12.2. The molecule has 4 atom stereocenters. The number of carbonyl (C=O) groups is 2. The molecule has 42 heavy (non-hydrogen) atoms. The van der Waals surface area contributed by atoms with Gasteiger partial charge in [-0.1, -0.05) is 25.8 Å². The largest absolute Gasteiger partial charge is 0.466 e. The maximum atomic E-state index is 14.0. The van der Waals surface area contributed by atoms with Crippen LogP contribution in [0.2, 0.25) is 0 Å². The van der Waals surface area contributed by atoms with E-state index in [9.17, 15) is 19.8 Å². The number of rotatable bonds is 12. The molecule has 4 aliphatic rings. The van der Waals surface area contributed by atoms with Gasteiger partial charge in [-0.25, -0.2) is 4.79 Å². The predicted octanol–water partition coefficient (Wildman–Crippen LogP) is 4.56. The van der Waals surface area contributed by atoms with E-state index in [1.165, 1.54) is 0 Å². The van der Waals surface area contributed by atoms with E-state index in [-0.39, 0.29) is 31.3 Å². The Hall–Kier alpha value is -2.62. The van der Waals surface area contributed by atoms with E-state index in [0.717, 1.165) is 74.1 Å². The monoisotopic (exact) mass is 585 g/mol. The number of fused-ring (bicyclic) bond motifs is 3. The Bertz CT molecular complexity index is 1210. The molecule has 1 aromatic carbocycles. The smallest absolute Gasteiger partial charge is 0.339 e. The molecule has 1 fully saturated rings. The second-order valence-electron chi connectivity index (χ2n) is 13.2. The number of esters is 2. The highest BCUT2D eigenvalue weighted by Gasteiger charge is 2.57. The van der Waals surface area contributed by atoms with Crippen LogP contribution in [0.4, 0.5) is 0 Å². The van der Waals surface area contributed by atoms with Crippen molar-refractivity contribution in [3.63, 3.8) is 0 Å². The van der Waals surface area contributed by atoms with Gasteiger partial charge in [0, 0.05) is 12.5 Å². The van der Waals surface area contributed by atoms with E-state index >= 15 is 0 Å². The lowest BCUT2D eigenvalue weighted by Crippen LogP contribution is -2.49. The van der Waals surface area contributed by atoms with E-state index < -0.39 is 35.7 Å². The van der Waals surface area contributed by atoms with Crippen molar-refractivity contribution >= 4 is 11.9 Å². The van der Waals surface area contributed by atoms with Gasteiger partial charge < -0.3 is 29.2 Å². The highest BCUT2D eigenvalue weighted by Crippen LogP contribution is 2.55. The maximum Gasteiger partial charge on any atom is 0.339 e. The summed E-state index contributed by atoms with van der Waals surface area (Å²) in [6.45, 7) is 9.70. The minimum Gasteiger partial charge on any atom is -0.466 e. The van der Waals surface area contributed by atoms with Gasteiger partial charge >= 0.3 is 11.9 Å². The first kappa shape index (κ1) is 30.8. The number of benzene rings is 1. The van der Waals surface area contributed by atoms with Gasteiger partial charge in [0.2, 0.25) is 6.79 Å². The minimum atomic E-state index is -2.07. The third-order valence-corrected chi connectivity index (χ3v) is 9.42. The fourth-order valence-corrected chi connectivity index (χ4v) is 7.33. The minimum absolute atomic E-state index is 0.0213. The van der Waals surface area contributed by atoms with Crippen LogP contribution in [0.1, 0.15) is 103 Å². The molecule has 1 spiro atoms. The van der Waals surface area contributed by atoms with Crippen molar-refractivity contribution in [2.24, 2.45) is 0 Å². The van der Waals surface area contributed by atoms with Crippen molar-refractivity contribution in [3.8, 4) is 11.5 Å². The van der Waals surface area contributed by atoms with Crippen LogP contribution in [-0.4, -0.2) is 76.4 Å². The van der Waals surface area contributed by atoms with Gasteiger partial charge in [0.25, 0.3) is 0 Å². The number of nitrogens with zero attached hydrogens (tertiary/aromatic N) is 1. The summed E-state index contributed by atoms with van der Waals surface area (Å²) in [6.07, 6.45) is 7.32. The first-order chi connectivity index (χ1) is 20.0. The summed E-state index contributed by atoms with van der Waals surface area (Å²) in [4.78, 5) is 29.3. The topological polar surface area (TPSA) is 115 Å². The number of hydrogen-bond acceptors (Lipinski definition) is 9. The molecule has 3 aliphatic heterocycles. The molecule has 1 aliphatic carbocycles. The molecule has 232 valence electrons. The van der Waals surface area contributed by atoms with Crippen molar-refractivity contribution in [3.05, 3.63) is 34.9 Å². The summed E-state index contributed by atoms with van der Waals surface area (Å²) >= 11 is 0. The zero-order chi connectivity index (χ0) is 30.1. The molecule has 0 bridgehead atoms. The molecule has 9 heteroatoms. The van der Waals surface area contributed by atoms with Crippen molar-refractivity contribution in [1.82, 2.24) is 4.90 Å². The third kappa shape index (κ3) is 6.19. The average Bonchev–Trinajstić information content (AvgIpc) is 3.59. The molecule has 3 heterocycles. The standard InChI is InChI=1S/C33H47NO8/c1-5-6-7-16-39-27(35)20-33(38,13-8-11-31(3,4)37)30(36)42-29-22(2)19-32-12-9-14-34(32)15-10-23-17-25-26(41-21-40-25)18-24(23)28(29)32/h17-19,28-29,37-38H,5-16,20-21H2,1-4H3/t28-,29?,32+,33?/m1/s1. The van der Waals surface area contributed by atoms with Crippen molar-refractivity contribution in [1.29, 1.82) is 0 Å². The molecule has 9 nitrogen and oxygen atoms in total. The highest BCUT2D eigenvalue weighted by atomic mass is 16.7. The Labute approximate surface area is 249 Å². The van der Waals surface area contributed by atoms with E-state index in [2.05, 4.69) is 24.0 Å². The van der Waals surface area contributed by atoms with Crippen LogP contribution < -0.4 is 9.47 Å². The van der Waals surface area contributed by atoms with Gasteiger partial charge in [0.15, 0.2) is 17.1 Å². The molecule has 2 N–H and O–H groups in total. The molecule has 5 rings (SSSR count). The fourth-order valence-electron chi connectivity index (χ4n) is 7.33. The number of unbranched alkanes of at least 4 members (excludes halogenated alkanes) is 2. The van der Waals surface area contributed by atoms with Crippen LogP contribution >= 0.6 is 0 Å². The van der Waals surface area contributed by atoms with Gasteiger partial charge in [0.1, 0.15) is 6.10 Å². The summed E-state index contributed by atoms with van der Waals surface area (Å²) in [5.74, 6) is -0.204. The third-order valence-electron chi connectivity index (χ3n) is 9.42. The SMILES string of the molecule is CCCCCOC(=O)CC(O)(CCCC(C)(C)O)C(=O)OC1C(C)=C[C@]23CCCN2CCc2cc4c(cc2[C@H]13)OCO4. The van der Waals surface area contributed by atoms with Gasteiger partial charge in [0.05, 0.1) is 24.2 Å². The molecule has 1 saturated heterocycles. The molecule has 1 aromatic rings. The zero-order valence-electron chi connectivity index (χ0n) is 25.6. The summed E-state index contributed by atoms with van der Waals surface area (Å²) in [5, 5.41) is 22.0. The maximum absolute atomic E-state index is 14.0. The average molecular weight is 586 g/mol. The van der Waals surface area contributed by atoms with Crippen molar-refractivity contribution < 1.29 is 38.7 Å². The molecule has 0 saturated carbocycles. The van der Waals surface area contributed by atoms with Crippen LogP contribution in [0.25, 0.3) is 0 Å². The molecular formula is C33H47NO8. The Morgan fingerprint density at radius 2 is 1.86 bits per heavy atom. The summed E-state index contributed by atoms with van der Waals surface area (Å²) < 4.78 is 23.1. The zero-order valence-corrected chi connectivity index (χ0v) is 25.6. The first-order valence-electron chi connectivity index (χ1n) is 15.6. The van der Waals surface area contributed by atoms with Gasteiger partial charge in [-0.2, -0.15) is 0 Å². The Balaban J connectivity index is 1.42. The normalized spacial score (nSPS) is 26.0. The van der Waals surface area contributed by atoms with Crippen molar-refractivity contribution in [2.45, 2.75) is 121 Å². The summed E-state index contributed by atoms with van der Waals surface area (Å²) in [6, 6.07) is 4.10. The lowest BCUT2D eigenvalue weighted by molar-refractivity contribution is -0.178. The van der Waals surface area contributed by atoms with Gasteiger partial charge in [-0.15, -0.1) is 0 Å². The Morgan fingerprint density at radius 1 is 1.10 bits per heavy atom. The number of carbonyl (C=O) groups excluding carboxylic acids is 2. The lowest BCUT2D eigenvalue weighted by atomic mass is 9.77. The molecule has 2 unspecified atom stereocenters. The highest BCUT2D eigenvalue weighted by molar-refractivity contribution is 5.86. The molecule has 0 radical (unpaired) electrons. The fraction of sp³-hybridized carbons (Fsp3) is 0.697. The van der Waals surface area contributed by atoms with E-state index in [0.29, 0.717) is 18.6 Å². The van der Waals surface area contributed by atoms with E-state index in [4.69, 9.17) is 18.9 Å².